The second-order valence-corrected chi connectivity index (χ2v) is 5.15. The lowest BCUT2D eigenvalue weighted by Gasteiger charge is -2.23. The summed E-state index contributed by atoms with van der Waals surface area (Å²) in [4.78, 5) is 12.1. The number of nitrogens with zero attached hydrogens (tertiary/aromatic N) is 1. The maximum Gasteiger partial charge on any atom is 0.251 e. The normalized spacial score (nSPS) is 22.8. The highest BCUT2D eigenvalue weighted by Crippen LogP contribution is 2.23. The summed E-state index contributed by atoms with van der Waals surface area (Å²) in [6.45, 7) is 3.21. The molecule has 0 spiro atoms. The van der Waals surface area contributed by atoms with Crippen LogP contribution in [-0.2, 0) is 4.74 Å². The molecule has 1 aromatic carbocycles. The summed E-state index contributed by atoms with van der Waals surface area (Å²) >= 11 is 0. The molecule has 1 atom stereocenters. The second-order valence-electron chi connectivity index (χ2n) is 5.15. The van der Waals surface area contributed by atoms with Gasteiger partial charge in [0.1, 0.15) is 0 Å². The van der Waals surface area contributed by atoms with Gasteiger partial charge in [-0.05, 0) is 31.9 Å². The minimum Gasteiger partial charge on any atom is -0.409 e. The van der Waals surface area contributed by atoms with Crippen molar-refractivity contribution in [1.82, 2.24) is 5.32 Å². The van der Waals surface area contributed by atoms with E-state index in [1.165, 1.54) is 0 Å². The largest absolute Gasteiger partial charge is 0.409 e. The van der Waals surface area contributed by atoms with E-state index in [-0.39, 0.29) is 17.3 Å². The van der Waals surface area contributed by atoms with Crippen molar-refractivity contribution in [2.24, 2.45) is 10.9 Å². The van der Waals surface area contributed by atoms with Crippen LogP contribution in [0.1, 0.15) is 35.7 Å². The molecule has 1 unspecified atom stereocenters. The zero-order chi connectivity index (χ0) is 14.6. The molecule has 1 heterocycles. The van der Waals surface area contributed by atoms with Crippen LogP contribution in [0.25, 0.3) is 0 Å². The molecule has 0 aromatic heterocycles. The van der Waals surface area contributed by atoms with Gasteiger partial charge in [-0.2, -0.15) is 0 Å². The number of hydrogen-bond donors (Lipinski definition) is 3. The third-order valence-corrected chi connectivity index (χ3v) is 3.45. The number of carbonyl (C=O) groups is 1. The molecule has 20 heavy (non-hydrogen) atoms. The van der Waals surface area contributed by atoms with Crippen LogP contribution in [0.3, 0.4) is 0 Å². The van der Waals surface area contributed by atoms with Crippen molar-refractivity contribution in [3.05, 3.63) is 35.4 Å². The highest BCUT2D eigenvalue weighted by molar-refractivity contribution is 6.01. The van der Waals surface area contributed by atoms with Gasteiger partial charge in [0.15, 0.2) is 5.84 Å². The van der Waals surface area contributed by atoms with Crippen LogP contribution in [0, 0.1) is 0 Å². The zero-order valence-corrected chi connectivity index (χ0v) is 11.4. The van der Waals surface area contributed by atoms with E-state index >= 15 is 0 Å². The number of carbonyl (C=O) groups excluding carboxylic acids is 1. The molecule has 0 radical (unpaired) electrons. The maximum absolute atomic E-state index is 12.1. The molecule has 0 aliphatic carbocycles. The highest BCUT2D eigenvalue weighted by atomic mass is 16.5. The first-order valence-corrected chi connectivity index (χ1v) is 6.54. The molecule has 1 amide bonds. The van der Waals surface area contributed by atoms with Gasteiger partial charge >= 0.3 is 0 Å². The number of benzene rings is 1. The summed E-state index contributed by atoms with van der Waals surface area (Å²) in [6, 6.07) is 6.63. The number of rotatable bonds is 4. The Hall–Kier alpha value is -2.08. The molecule has 1 aliphatic rings. The first-order valence-electron chi connectivity index (χ1n) is 6.54. The molecule has 0 saturated carbocycles. The van der Waals surface area contributed by atoms with Crippen LogP contribution >= 0.6 is 0 Å². The number of ether oxygens (including phenoxy) is 1. The Labute approximate surface area is 117 Å². The highest BCUT2D eigenvalue weighted by Gasteiger charge is 2.30. The fourth-order valence-corrected chi connectivity index (χ4v) is 2.22. The van der Waals surface area contributed by atoms with Gasteiger partial charge in [-0.1, -0.05) is 17.3 Å². The molecule has 108 valence electrons. The fraction of sp³-hybridized carbons (Fsp3) is 0.429. The van der Waals surface area contributed by atoms with Crippen molar-refractivity contribution >= 4 is 11.7 Å². The molecule has 0 bridgehead atoms. The molecule has 6 heteroatoms. The molecule has 4 N–H and O–H groups in total. The van der Waals surface area contributed by atoms with Crippen LogP contribution in [0.5, 0.6) is 0 Å². The Morgan fingerprint density at radius 2 is 2.30 bits per heavy atom. The van der Waals surface area contributed by atoms with Gasteiger partial charge in [-0.15, -0.1) is 0 Å². The molecular formula is C14H19N3O3. The van der Waals surface area contributed by atoms with E-state index in [1.54, 1.807) is 24.3 Å². The Bertz CT molecular complexity index is 522. The first kappa shape index (κ1) is 14.3. The van der Waals surface area contributed by atoms with E-state index in [1.807, 2.05) is 6.92 Å². The maximum atomic E-state index is 12.1. The summed E-state index contributed by atoms with van der Waals surface area (Å²) in [6.07, 6.45) is 1.96. The lowest BCUT2D eigenvalue weighted by Crippen LogP contribution is -2.40. The van der Waals surface area contributed by atoms with Crippen LogP contribution in [-0.4, -0.2) is 35.7 Å². The Kier molecular flexibility index (Phi) is 4.24. The van der Waals surface area contributed by atoms with Crippen LogP contribution in [0.15, 0.2) is 29.4 Å². The van der Waals surface area contributed by atoms with Crippen molar-refractivity contribution < 1.29 is 14.7 Å². The zero-order valence-electron chi connectivity index (χ0n) is 11.4. The number of nitrogens with two attached hydrogens (primary N) is 1. The summed E-state index contributed by atoms with van der Waals surface area (Å²) < 4.78 is 5.62. The smallest absolute Gasteiger partial charge is 0.251 e. The SMILES string of the molecule is CC1(CNC(=O)c2cccc(/C(N)=N/O)c2)CCCO1. The predicted molar refractivity (Wildman–Crippen MR) is 74.9 cm³/mol. The van der Waals surface area contributed by atoms with Crippen molar-refractivity contribution in [1.29, 1.82) is 0 Å². The fourth-order valence-electron chi connectivity index (χ4n) is 2.22. The molecule has 1 aliphatic heterocycles. The average Bonchev–Trinajstić information content (AvgIpc) is 2.91. The molecule has 1 saturated heterocycles. The van der Waals surface area contributed by atoms with Crippen molar-refractivity contribution in [3.63, 3.8) is 0 Å². The molecule has 1 fully saturated rings. The third-order valence-electron chi connectivity index (χ3n) is 3.45. The number of oxime groups is 1. The summed E-state index contributed by atoms with van der Waals surface area (Å²) in [5.74, 6) is -0.222. The van der Waals surface area contributed by atoms with Crippen molar-refractivity contribution in [3.8, 4) is 0 Å². The van der Waals surface area contributed by atoms with Crippen LogP contribution < -0.4 is 11.1 Å². The minimum absolute atomic E-state index is 0.0225. The molecule has 1 aromatic rings. The summed E-state index contributed by atoms with van der Waals surface area (Å²) in [5.41, 5.74) is 6.20. The van der Waals surface area contributed by atoms with Gasteiger partial charge in [-0.25, -0.2) is 0 Å². The number of amidine groups is 1. The van der Waals surface area contributed by atoms with Gasteiger partial charge in [-0.3, -0.25) is 4.79 Å². The Balaban J connectivity index is 2.02. The molecule has 6 nitrogen and oxygen atoms in total. The van der Waals surface area contributed by atoms with Gasteiger partial charge in [0.2, 0.25) is 0 Å². The van der Waals surface area contributed by atoms with Crippen LogP contribution in [0.2, 0.25) is 0 Å². The average molecular weight is 277 g/mol. The van der Waals surface area contributed by atoms with E-state index in [2.05, 4.69) is 10.5 Å². The lowest BCUT2D eigenvalue weighted by molar-refractivity contribution is 0.0206. The first-order chi connectivity index (χ1) is 9.54. The number of amides is 1. The van der Waals surface area contributed by atoms with Gasteiger partial charge in [0, 0.05) is 24.3 Å². The van der Waals surface area contributed by atoms with Gasteiger partial charge in [0.05, 0.1) is 5.60 Å². The Morgan fingerprint density at radius 3 is 2.95 bits per heavy atom. The quantitative estimate of drug-likeness (QED) is 0.332. The molecule has 2 rings (SSSR count). The Morgan fingerprint density at radius 1 is 1.55 bits per heavy atom. The van der Waals surface area contributed by atoms with Gasteiger partial charge < -0.3 is 21.0 Å². The topological polar surface area (TPSA) is 96.9 Å². The van der Waals surface area contributed by atoms with E-state index in [0.717, 1.165) is 19.4 Å². The number of hydrogen-bond acceptors (Lipinski definition) is 4. The predicted octanol–water partition coefficient (Wildman–Crippen LogP) is 1.08. The van der Waals surface area contributed by atoms with Crippen LogP contribution in [0.4, 0.5) is 0 Å². The van der Waals surface area contributed by atoms with Gasteiger partial charge in [0.25, 0.3) is 5.91 Å². The van der Waals surface area contributed by atoms with Crippen molar-refractivity contribution in [2.45, 2.75) is 25.4 Å². The lowest BCUT2D eigenvalue weighted by atomic mass is 10.0. The molecular weight excluding hydrogens is 258 g/mol. The monoisotopic (exact) mass is 277 g/mol. The standard InChI is InChI=1S/C14H19N3O3/c1-14(6-3-7-20-14)9-16-13(18)11-5-2-4-10(8-11)12(15)17-19/h2,4-5,8,19H,3,6-7,9H2,1H3,(H2,15,17)(H,16,18). The minimum atomic E-state index is -0.279. The van der Waals surface area contributed by atoms with E-state index in [0.29, 0.717) is 17.7 Å². The third kappa shape index (κ3) is 3.27. The summed E-state index contributed by atoms with van der Waals surface area (Å²) in [7, 11) is 0. The van der Waals surface area contributed by atoms with Crippen molar-refractivity contribution in [2.75, 3.05) is 13.2 Å². The second kappa shape index (κ2) is 5.92. The number of nitrogens with one attached hydrogen (secondary N) is 1. The summed E-state index contributed by atoms with van der Waals surface area (Å²) in [5, 5.41) is 14.4. The van der Waals surface area contributed by atoms with E-state index < -0.39 is 0 Å². The van der Waals surface area contributed by atoms with E-state index in [9.17, 15) is 4.79 Å². The van der Waals surface area contributed by atoms with E-state index in [4.69, 9.17) is 15.7 Å².